The maximum atomic E-state index is 13.6. The molecule has 20 heavy (non-hydrogen) atoms. The van der Waals surface area contributed by atoms with Crippen molar-refractivity contribution in [1.82, 2.24) is 4.98 Å². The zero-order valence-electron chi connectivity index (χ0n) is 10.6. The van der Waals surface area contributed by atoms with Gasteiger partial charge < -0.3 is 5.32 Å². The van der Waals surface area contributed by atoms with E-state index in [0.717, 1.165) is 28.6 Å². The van der Waals surface area contributed by atoms with Crippen molar-refractivity contribution in [3.63, 3.8) is 0 Å². The van der Waals surface area contributed by atoms with Gasteiger partial charge in [-0.25, -0.2) is 8.78 Å². The molecule has 0 atom stereocenters. The van der Waals surface area contributed by atoms with Crippen LogP contribution in [0.1, 0.15) is 5.56 Å². The van der Waals surface area contributed by atoms with Crippen molar-refractivity contribution in [3.05, 3.63) is 72.1 Å². The van der Waals surface area contributed by atoms with Crippen LogP contribution < -0.4 is 5.32 Å². The number of nitrogens with zero attached hydrogens (tertiary/aromatic N) is 1. The van der Waals surface area contributed by atoms with Crippen LogP contribution >= 0.6 is 0 Å². The fourth-order valence-corrected chi connectivity index (χ4v) is 2.15. The molecule has 2 nitrogen and oxygen atoms in total. The zero-order chi connectivity index (χ0) is 13.9. The Balaban J connectivity index is 1.89. The lowest BCUT2D eigenvalue weighted by atomic mass is 10.1. The molecule has 0 amide bonds. The zero-order valence-corrected chi connectivity index (χ0v) is 10.6. The van der Waals surface area contributed by atoms with Crippen molar-refractivity contribution in [1.29, 1.82) is 0 Å². The van der Waals surface area contributed by atoms with E-state index in [-0.39, 0.29) is 6.54 Å². The van der Waals surface area contributed by atoms with E-state index in [1.165, 1.54) is 6.07 Å². The van der Waals surface area contributed by atoms with E-state index >= 15 is 0 Å². The van der Waals surface area contributed by atoms with Gasteiger partial charge in [0, 0.05) is 41.0 Å². The van der Waals surface area contributed by atoms with E-state index in [1.807, 2.05) is 24.3 Å². The summed E-state index contributed by atoms with van der Waals surface area (Å²) in [5.41, 5.74) is 1.17. The number of pyridine rings is 1. The number of halogens is 2. The summed E-state index contributed by atoms with van der Waals surface area (Å²) in [4.78, 5) is 4.06. The van der Waals surface area contributed by atoms with Crippen LogP contribution in [0.2, 0.25) is 0 Å². The van der Waals surface area contributed by atoms with Crippen LogP contribution in [0.4, 0.5) is 14.5 Å². The van der Waals surface area contributed by atoms with E-state index in [9.17, 15) is 8.78 Å². The molecule has 0 saturated heterocycles. The van der Waals surface area contributed by atoms with Crippen molar-refractivity contribution in [2.45, 2.75) is 6.54 Å². The summed E-state index contributed by atoms with van der Waals surface area (Å²) in [5, 5.41) is 5.13. The molecule has 4 heteroatoms. The summed E-state index contributed by atoms with van der Waals surface area (Å²) < 4.78 is 26.7. The van der Waals surface area contributed by atoms with Crippen molar-refractivity contribution in [2.75, 3.05) is 5.32 Å². The van der Waals surface area contributed by atoms with Gasteiger partial charge >= 0.3 is 0 Å². The molecule has 0 unspecified atom stereocenters. The summed E-state index contributed by atoms with van der Waals surface area (Å²) >= 11 is 0. The molecular formula is C16H12F2N2. The maximum Gasteiger partial charge on any atom is 0.128 e. The maximum absolute atomic E-state index is 13.6. The van der Waals surface area contributed by atoms with Crippen molar-refractivity contribution < 1.29 is 8.78 Å². The van der Waals surface area contributed by atoms with Crippen LogP contribution in [0.3, 0.4) is 0 Å². The first-order valence-corrected chi connectivity index (χ1v) is 6.24. The Morgan fingerprint density at radius 1 is 1.05 bits per heavy atom. The van der Waals surface area contributed by atoms with Gasteiger partial charge in [0.05, 0.1) is 0 Å². The molecule has 0 fully saturated rings. The molecule has 1 N–H and O–H groups in total. The Hall–Kier alpha value is -2.49. The monoisotopic (exact) mass is 270 g/mol. The molecule has 0 spiro atoms. The Morgan fingerprint density at radius 3 is 2.85 bits per heavy atom. The Kier molecular flexibility index (Phi) is 3.29. The molecule has 0 saturated carbocycles. The average molecular weight is 270 g/mol. The fraction of sp³-hybridized carbons (Fsp3) is 0.0625. The van der Waals surface area contributed by atoms with Gasteiger partial charge in [-0.05, 0) is 30.3 Å². The van der Waals surface area contributed by atoms with Gasteiger partial charge in [0.15, 0.2) is 0 Å². The van der Waals surface area contributed by atoms with Gasteiger partial charge in [-0.3, -0.25) is 4.98 Å². The first kappa shape index (κ1) is 12.5. The summed E-state index contributed by atoms with van der Waals surface area (Å²) in [6.07, 6.45) is 3.47. The third-order valence-electron chi connectivity index (χ3n) is 3.16. The number of anilines is 1. The third-order valence-corrected chi connectivity index (χ3v) is 3.16. The quantitative estimate of drug-likeness (QED) is 0.774. The van der Waals surface area contributed by atoms with E-state index < -0.39 is 11.6 Å². The molecule has 0 bridgehead atoms. The highest BCUT2D eigenvalue weighted by Crippen LogP contribution is 2.23. The molecule has 1 aromatic heterocycles. The van der Waals surface area contributed by atoms with Gasteiger partial charge in [0.25, 0.3) is 0 Å². The highest BCUT2D eigenvalue weighted by molar-refractivity contribution is 5.93. The SMILES string of the molecule is Fc1ccc(F)c(CNc2cccc3cnccc23)c1. The molecule has 3 rings (SSSR count). The molecular weight excluding hydrogens is 258 g/mol. The number of fused-ring (bicyclic) bond motifs is 1. The molecule has 0 aliphatic heterocycles. The normalized spacial score (nSPS) is 10.7. The summed E-state index contributed by atoms with van der Waals surface area (Å²) in [6, 6.07) is 11.1. The van der Waals surface area contributed by atoms with E-state index in [0.29, 0.717) is 5.56 Å². The second-order valence-corrected chi connectivity index (χ2v) is 4.49. The predicted octanol–water partition coefficient (Wildman–Crippen LogP) is 4.13. The van der Waals surface area contributed by atoms with Crippen molar-refractivity contribution in [3.8, 4) is 0 Å². The number of nitrogens with one attached hydrogen (secondary N) is 1. The van der Waals surface area contributed by atoms with Crippen molar-refractivity contribution >= 4 is 16.5 Å². The molecule has 0 aliphatic carbocycles. The first-order valence-electron chi connectivity index (χ1n) is 6.24. The second-order valence-electron chi connectivity index (χ2n) is 4.49. The third kappa shape index (κ3) is 2.45. The molecule has 3 aromatic rings. The molecule has 1 heterocycles. The Morgan fingerprint density at radius 2 is 1.95 bits per heavy atom. The topological polar surface area (TPSA) is 24.9 Å². The van der Waals surface area contributed by atoms with Gasteiger partial charge in [0.2, 0.25) is 0 Å². The first-order chi connectivity index (χ1) is 9.74. The predicted molar refractivity (Wildman–Crippen MR) is 75.4 cm³/mol. The standard InChI is InChI=1S/C16H12F2N2/c17-13-4-5-15(18)12(8-13)10-20-16-3-1-2-11-9-19-7-6-14(11)16/h1-9,20H,10H2. The van der Waals surface area contributed by atoms with Crippen LogP contribution in [-0.2, 0) is 6.54 Å². The number of aromatic nitrogens is 1. The number of hydrogen-bond acceptors (Lipinski definition) is 2. The minimum absolute atomic E-state index is 0.227. The van der Waals surface area contributed by atoms with E-state index in [4.69, 9.17) is 0 Å². The lowest BCUT2D eigenvalue weighted by Gasteiger charge is -2.10. The molecule has 0 radical (unpaired) electrons. The highest BCUT2D eigenvalue weighted by Gasteiger charge is 2.05. The van der Waals surface area contributed by atoms with Crippen LogP contribution in [0.25, 0.3) is 10.8 Å². The van der Waals surface area contributed by atoms with Crippen molar-refractivity contribution in [2.24, 2.45) is 0 Å². The molecule has 0 aliphatic rings. The number of rotatable bonds is 3. The van der Waals surface area contributed by atoms with Crippen LogP contribution in [0.5, 0.6) is 0 Å². The smallest absolute Gasteiger partial charge is 0.128 e. The van der Waals surface area contributed by atoms with E-state index in [1.54, 1.807) is 12.4 Å². The summed E-state index contributed by atoms with van der Waals surface area (Å²) in [6.45, 7) is 0.227. The van der Waals surface area contributed by atoms with Gasteiger partial charge in [-0.15, -0.1) is 0 Å². The average Bonchev–Trinajstić information content (AvgIpc) is 2.48. The molecule has 2 aromatic carbocycles. The number of benzene rings is 2. The van der Waals surface area contributed by atoms with Crippen LogP contribution in [0, 0.1) is 11.6 Å². The largest absolute Gasteiger partial charge is 0.380 e. The Labute approximate surface area is 115 Å². The number of hydrogen-bond donors (Lipinski definition) is 1. The fourth-order valence-electron chi connectivity index (χ4n) is 2.15. The van der Waals surface area contributed by atoms with Gasteiger partial charge in [0.1, 0.15) is 11.6 Å². The molecule has 100 valence electrons. The summed E-state index contributed by atoms with van der Waals surface area (Å²) in [7, 11) is 0. The second kappa shape index (κ2) is 5.25. The minimum atomic E-state index is -0.440. The van der Waals surface area contributed by atoms with Gasteiger partial charge in [-0.2, -0.15) is 0 Å². The van der Waals surface area contributed by atoms with Gasteiger partial charge in [-0.1, -0.05) is 12.1 Å². The Bertz CT molecular complexity index is 751. The highest BCUT2D eigenvalue weighted by atomic mass is 19.1. The lowest BCUT2D eigenvalue weighted by Crippen LogP contribution is -2.02. The minimum Gasteiger partial charge on any atom is -0.380 e. The van der Waals surface area contributed by atoms with E-state index in [2.05, 4.69) is 10.3 Å². The van der Waals surface area contributed by atoms with Crippen LogP contribution in [0.15, 0.2) is 54.9 Å². The van der Waals surface area contributed by atoms with Crippen LogP contribution in [-0.4, -0.2) is 4.98 Å². The summed E-state index contributed by atoms with van der Waals surface area (Å²) in [5.74, 6) is -0.855. The lowest BCUT2D eigenvalue weighted by molar-refractivity contribution is 0.587.